The van der Waals surface area contributed by atoms with E-state index in [2.05, 4.69) is 18.4 Å². The predicted molar refractivity (Wildman–Crippen MR) is 60.6 cm³/mol. The Kier molecular flexibility index (Phi) is 5.07. The molecule has 80 valence electrons. The highest BCUT2D eigenvalue weighted by atomic mass is 32.1. The number of hydrogen-bond acceptors (Lipinski definition) is 4. The van der Waals surface area contributed by atoms with Gasteiger partial charge in [-0.2, -0.15) is 0 Å². The maximum absolute atomic E-state index is 5.34. The summed E-state index contributed by atoms with van der Waals surface area (Å²) < 4.78 is 10.6. The fourth-order valence-electron chi connectivity index (χ4n) is 1.39. The molecule has 14 heavy (non-hydrogen) atoms. The van der Waals surface area contributed by atoms with Crippen LogP contribution in [0.15, 0.2) is 12.7 Å². The largest absolute Gasteiger partial charge is 0.482 e. The monoisotopic (exact) mass is 215 g/mol. The molecule has 1 rings (SSSR count). The lowest BCUT2D eigenvalue weighted by Crippen LogP contribution is -2.44. The molecule has 0 saturated carbocycles. The van der Waals surface area contributed by atoms with Gasteiger partial charge in [-0.15, -0.1) is 0 Å². The zero-order valence-corrected chi connectivity index (χ0v) is 9.39. The first-order valence-electron chi connectivity index (χ1n) is 4.85. The highest BCUT2D eigenvalue weighted by Crippen LogP contribution is 2.04. The molecule has 0 amide bonds. The average Bonchev–Trinajstić information content (AvgIpc) is 2.26. The van der Waals surface area contributed by atoms with Crippen molar-refractivity contribution in [2.45, 2.75) is 13.0 Å². The standard InChI is InChI=1S/C10H17NO2S/c1-3-10(14)13-8-9(2)11-4-6-12-7-5-11/h3,9H,1,4-8H2,2H3. The molecule has 4 heteroatoms. The minimum atomic E-state index is 0.386. The van der Waals surface area contributed by atoms with Crippen molar-refractivity contribution < 1.29 is 9.47 Å². The van der Waals surface area contributed by atoms with Crippen LogP contribution >= 0.6 is 12.2 Å². The van der Waals surface area contributed by atoms with E-state index in [1.807, 2.05) is 0 Å². The minimum absolute atomic E-state index is 0.386. The summed E-state index contributed by atoms with van der Waals surface area (Å²) in [6, 6.07) is 0.386. The molecule has 1 fully saturated rings. The maximum atomic E-state index is 5.34. The third kappa shape index (κ3) is 3.74. The Hall–Kier alpha value is -0.450. The molecular formula is C10H17NO2S. The van der Waals surface area contributed by atoms with E-state index in [4.69, 9.17) is 21.7 Å². The molecule has 1 aliphatic heterocycles. The SMILES string of the molecule is C=CC(=S)OCC(C)N1CCOCC1. The number of ether oxygens (including phenoxy) is 2. The molecule has 0 aromatic heterocycles. The van der Waals surface area contributed by atoms with Gasteiger partial charge in [-0.1, -0.05) is 6.58 Å². The van der Waals surface area contributed by atoms with E-state index in [0.29, 0.717) is 17.7 Å². The van der Waals surface area contributed by atoms with Crippen LogP contribution in [-0.4, -0.2) is 48.9 Å². The highest BCUT2D eigenvalue weighted by Gasteiger charge is 2.17. The summed E-state index contributed by atoms with van der Waals surface area (Å²) in [5, 5.41) is 0.477. The Balaban J connectivity index is 2.22. The van der Waals surface area contributed by atoms with Crippen LogP contribution in [0.25, 0.3) is 0 Å². The van der Waals surface area contributed by atoms with Gasteiger partial charge in [0.15, 0.2) is 5.05 Å². The summed E-state index contributed by atoms with van der Waals surface area (Å²) in [4.78, 5) is 2.34. The van der Waals surface area contributed by atoms with Crippen LogP contribution in [0.4, 0.5) is 0 Å². The molecular weight excluding hydrogens is 198 g/mol. The summed E-state index contributed by atoms with van der Waals surface area (Å²) in [7, 11) is 0. The minimum Gasteiger partial charge on any atom is -0.482 e. The van der Waals surface area contributed by atoms with Crippen LogP contribution in [-0.2, 0) is 9.47 Å². The van der Waals surface area contributed by atoms with Gasteiger partial charge in [0.05, 0.1) is 13.2 Å². The molecule has 0 bridgehead atoms. The topological polar surface area (TPSA) is 21.7 Å². The smallest absolute Gasteiger partial charge is 0.183 e. The first-order valence-corrected chi connectivity index (χ1v) is 5.26. The first-order chi connectivity index (χ1) is 6.74. The van der Waals surface area contributed by atoms with E-state index in [9.17, 15) is 0 Å². The average molecular weight is 215 g/mol. The van der Waals surface area contributed by atoms with Crippen molar-refractivity contribution in [2.24, 2.45) is 0 Å². The van der Waals surface area contributed by atoms with Crippen molar-refractivity contribution in [1.82, 2.24) is 4.90 Å². The van der Waals surface area contributed by atoms with Crippen molar-refractivity contribution in [3.63, 3.8) is 0 Å². The molecule has 0 aromatic rings. The Bertz CT molecular complexity index is 202. The zero-order valence-electron chi connectivity index (χ0n) is 8.57. The van der Waals surface area contributed by atoms with Gasteiger partial charge < -0.3 is 9.47 Å². The Morgan fingerprint density at radius 2 is 2.29 bits per heavy atom. The number of thiocarbonyl (C=S) groups is 1. The number of morpholine rings is 1. The van der Waals surface area contributed by atoms with Crippen LogP contribution in [0.3, 0.4) is 0 Å². The summed E-state index contributed by atoms with van der Waals surface area (Å²) in [6.07, 6.45) is 1.56. The fourth-order valence-corrected chi connectivity index (χ4v) is 1.45. The normalized spacial score (nSPS) is 20.1. The Labute approximate surface area is 90.7 Å². The molecule has 1 unspecified atom stereocenters. The molecule has 0 spiro atoms. The Morgan fingerprint density at radius 1 is 1.64 bits per heavy atom. The van der Waals surface area contributed by atoms with Gasteiger partial charge in [-0.05, 0) is 25.2 Å². The molecule has 1 aliphatic rings. The molecule has 1 heterocycles. The molecule has 0 aliphatic carbocycles. The van der Waals surface area contributed by atoms with Gasteiger partial charge in [-0.3, -0.25) is 4.90 Å². The van der Waals surface area contributed by atoms with Crippen LogP contribution in [0.5, 0.6) is 0 Å². The quantitative estimate of drug-likeness (QED) is 0.519. The van der Waals surface area contributed by atoms with Gasteiger partial charge in [0, 0.05) is 19.1 Å². The van der Waals surface area contributed by atoms with E-state index in [1.165, 1.54) is 0 Å². The molecule has 0 N–H and O–H groups in total. The van der Waals surface area contributed by atoms with Crippen molar-refractivity contribution in [3.8, 4) is 0 Å². The molecule has 1 saturated heterocycles. The summed E-state index contributed by atoms with van der Waals surface area (Å²) in [5.41, 5.74) is 0. The van der Waals surface area contributed by atoms with Crippen molar-refractivity contribution >= 4 is 17.3 Å². The molecule has 0 aromatic carbocycles. The van der Waals surface area contributed by atoms with E-state index < -0.39 is 0 Å². The van der Waals surface area contributed by atoms with Gasteiger partial charge in [0.2, 0.25) is 0 Å². The molecule has 1 atom stereocenters. The Morgan fingerprint density at radius 3 is 2.86 bits per heavy atom. The number of rotatable bonds is 4. The summed E-state index contributed by atoms with van der Waals surface area (Å²) in [6.45, 7) is 9.90. The van der Waals surface area contributed by atoms with Crippen molar-refractivity contribution in [1.29, 1.82) is 0 Å². The fraction of sp³-hybridized carbons (Fsp3) is 0.700. The molecule has 3 nitrogen and oxygen atoms in total. The number of nitrogens with zero attached hydrogens (tertiary/aromatic N) is 1. The van der Waals surface area contributed by atoms with Gasteiger partial charge >= 0.3 is 0 Å². The van der Waals surface area contributed by atoms with E-state index in [-0.39, 0.29) is 0 Å². The lowest BCUT2D eigenvalue weighted by atomic mass is 10.3. The highest BCUT2D eigenvalue weighted by molar-refractivity contribution is 7.80. The van der Waals surface area contributed by atoms with Crippen LogP contribution < -0.4 is 0 Å². The third-order valence-corrected chi connectivity index (χ3v) is 2.59. The maximum Gasteiger partial charge on any atom is 0.183 e. The second kappa shape index (κ2) is 6.11. The van der Waals surface area contributed by atoms with Crippen molar-refractivity contribution in [3.05, 3.63) is 12.7 Å². The number of hydrogen-bond donors (Lipinski definition) is 0. The predicted octanol–water partition coefficient (Wildman–Crippen LogP) is 1.24. The second-order valence-corrected chi connectivity index (χ2v) is 3.73. The van der Waals surface area contributed by atoms with Crippen LogP contribution in [0.2, 0.25) is 0 Å². The molecule has 0 radical (unpaired) electrons. The van der Waals surface area contributed by atoms with E-state index in [1.54, 1.807) is 6.08 Å². The van der Waals surface area contributed by atoms with Gasteiger partial charge in [-0.25, -0.2) is 0 Å². The lowest BCUT2D eigenvalue weighted by molar-refractivity contribution is 0.00981. The van der Waals surface area contributed by atoms with Crippen LogP contribution in [0, 0.1) is 0 Å². The van der Waals surface area contributed by atoms with E-state index in [0.717, 1.165) is 26.3 Å². The van der Waals surface area contributed by atoms with Crippen molar-refractivity contribution in [2.75, 3.05) is 32.9 Å². The van der Waals surface area contributed by atoms with Crippen LogP contribution in [0.1, 0.15) is 6.92 Å². The first kappa shape index (κ1) is 11.6. The zero-order chi connectivity index (χ0) is 10.4. The summed E-state index contributed by atoms with van der Waals surface area (Å²) >= 11 is 4.89. The van der Waals surface area contributed by atoms with Gasteiger partial charge in [0.1, 0.15) is 6.61 Å². The summed E-state index contributed by atoms with van der Waals surface area (Å²) in [5.74, 6) is 0. The third-order valence-electron chi connectivity index (χ3n) is 2.30. The van der Waals surface area contributed by atoms with E-state index >= 15 is 0 Å². The lowest BCUT2D eigenvalue weighted by Gasteiger charge is -2.31. The van der Waals surface area contributed by atoms with Gasteiger partial charge in [0.25, 0.3) is 0 Å². The second-order valence-electron chi connectivity index (χ2n) is 3.33.